The molecule has 1 aromatic rings. The molecule has 2 N–H and O–H groups in total. The lowest BCUT2D eigenvalue weighted by molar-refractivity contribution is -0.135. The highest BCUT2D eigenvalue weighted by molar-refractivity contribution is 6.32. The molecule has 0 fully saturated rings. The van der Waals surface area contributed by atoms with Crippen molar-refractivity contribution in [2.24, 2.45) is 0 Å². The summed E-state index contributed by atoms with van der Waals surface area (Å²) in [6.07, 6.45) is 0. The van der Waals surface area contributed by atoms with Gasteiger partial charge in [-0.3, -0.25) is 9.59 Å². The topological polar surface area (TPSA) is 84.9 Å². The maximum absolute atomic E-state index is 11.6. The maximum Gasteiger partial charge on any atom is 0.322 e. The summed E-state index contributed by atoms with van der Waals surface area (Å²) in [6.45, 7) is -0.467. The van der Waals surface area contributed by atoms with Crippen molar-refractivity contribution in [3.05, 3.63) is 22.7 Å². The number of carboxylic acid groups (broad SMARTS) is 1. The van der Waals surface area contributed by atoms with Gasteiger partial charge in [0.25, 0.3) is 5.91 Å². The fourth-order valence-electron chi connectivity index (χ4n) is 1.31. The Morgan fingerprint density at radius 2 is 2.00 bits per heavy atom. The Hall–Kier alpha value is -1.95. The summed E-state index contributed by atoms with van der Waals surface area (Å²) in [5.74, 6) is -1.07. The van der Waals surface area contributed by atoms with Crippen molar-refractivity contribution < 1.29 is 24.2 Å². The van der Waals surface area contributed by atoms with Crippen LogP contribution in [-0.2, 0) is 4.79 Å². The van der Waals surface area contributed by atoms with Gasteiger partial charge in [-0.2, -0.15) is 0 Å². The fourth-order valence-corrected chi connectivity index (χ4v) is 1.59. The molecule has 0 radical (unpaired) electrons. The van der Waals surface area contributed by atoms with Crippen LogP contribution in [0.2, 0.25) is 5.02 Å². The van der Waals surface area contributed by atoms with E-state index in [1.807, 2.05) is 0 Å². The molecule has 7 heteroatoms. The molecule has 1 rings (SSSR count). The molecule has 98 valence electrons. The molecule has 0 aliphatic heterocycles. The number of halogens is 1. The van der Waals surface area contributed by atoms with E-state index in [0.29, 0.717) is 11.5 Å². The quantitative estimate of drug-likeness (QED) is 0.841. The van der Waals surface area contributed by atoms with Crippen molar-refractivity contribution in [3.8, 4) is 11.5 Å². The number of nitrogens with one attached hydrogen (secondary N) is 1. The molecule has 0 aliphatic carbocycles. The smallest absolute Gasteiger partial charge is 0.322 e. The highest BCUT2D eigenvalue weighted by Crippen LogP contribution is 2.35. The van der Waals surface area contributed by atoms with Gasteiger partial charge in [0.2, 0.25) is 0 Å². The molecule has 0 unspecified atom stereocenters. The average molecular weight is 274 g/mol. The van der Waals surface area contributed by atoms with Gasteiger partial charge in [-0.1, -0.05) is 11.6 Å². The zero-order chi connectivity index (χ0) is 13.7. The highest BCUT2D eigenvalue weighted by atomic mass is 35.5. The summed E-state index contributed by atoms with van der Waals surface area (Å²) in [5, 5.41) is 10.9. The molecule has 6 nitrogen and oxygen atoms in total. The Kier molecular flexibility index (Phi) is 4.79. The molecular formula is C11H12ClNO5. The number of carboxylic acids is 1. The summed E-state index contributed by atoms with van der Waals surface area (Å²) in [7, 11) is 2.83. The zero-order valence-electron chi connectivity index (χ0n) is 9.82. The van der Waals surface area contributed by atoms with Crippen LogP contribution in [0.1, 0.15) is 10.4 Å². The molecule has 0 saturated heterocycles. The van der Waals surface area contributed by atoms with Crippen LogP contribution in [0.15, 0.2) is 12.1 Å². The van der Waals surface area contributed by atoms with E-state index in [9.17, 15) is 9.59 Å². The Bertz CT molecular complexity index is 475. The molecule has 0 bridgehead atoms. The number of hydrogen-bond acceptors (Lipinski definition) is 4. The first kappa shape index (κ1) is 14.1. The number of hydrogen-bond donors (Lipinski definition) is 2. The van der Waals surface area contributed by atoms with E-state index in [0.717, 1.165) is 0 Å². The maximum atomic E-state index is 11.6. The third-order valence-electron chi connectivity index (χ3n) is 2.10. The second-order valence-electron chi connectivity index (χ2n) is 3.27. The number of carbonyl (C=O) groups excluding carboxylic acids is 1. The second-order valence-corrected chi connectivity index (χ2v) is 3.68. The van der Waals surface area contributed by atoms with Crippen molar-refractivity contribution in [1.82, 2.24) is 5.32 Å². The predicted octanol–water partition coefficient (Wildman–Crippen LogP) is 1.17. The van der Waals surface area contributed by atoms with Crippen LogP contribution >= 0.6 is 11.6 Å². The van der Waals surface area contributed by atoms with Gasteiger partial charge in [-0.15, -0.1) is 0 Å². The van der Waals surface area contributed by atoms with E-state index < -0.39 is 18.4 Å². The first-order chi connectivity index (χ1) is 8.49. The van der Waals surface area contributed by atoms with Gasteiger partial charge in [-0.05, 0) is 12.1 Å². The zero-order valence-corrected chi connectivity index (χ0v) is 10.6. The molecule has 0 spiro atoms. The van der Waals surface area contributed by atoms with E-state index in [-0.39, 0.29) is 10.6 Å². The van der Waals surface area contributed by atoms with Gasteiger partial charge in [0, 0.05) is 5.56 Å². The number of aliphatic carboxylic acids is 1. The first-order valence-electron chi connectivity index (χ1n) is 4.91. The summed E-state index contributed by atoms with van der Waals surface area (Å²) in [4.78, 5) is 22.0. The van der Waals surface area contributed by atoms with E-state index in [1.54, 1.807) is 0 Å². The van der Waals surface area contributed by atoms with E-state index >= 15 is 0 Å². The standard InChI is InChI=1S/C11H12ClNO5/c1-17-8-4-6(3-7(12)10(8)18-2)11(16)13-5-9(14)15/h3-4H,5H2,1-2H3,(H,13,16)(H,14,15). The van der Waals surface area contributed by atoms with Crippen molar-refractivity contribution >= 4 is 23.5 Å². The number of amides is 1. The van der Waals surface area contributed by atoms with Crippen LogP contribution in [-0.4, -0.2) is 37.7 Å². The Labute approximate surface area is 108 Å². The molecular weight excluding hydrogens is 262 g/mol. The lowest BCUT2D eigenvalue weighted by Crippen LogP contribution is -2.29. The van der Waals surface area contributed by atoms with Gasteiger partial charge in [-0.25, -0.2) is 0 Å². The van der Waals surface area contributed by atoms with Gasteiger partial charge in [0.1, 0.15) is 6.54 Å². The van der Waals surface area contributed by atoms with Gasteiger partial charge in [0.15, 0.2) is 11.5 Å². The SMILES string of the molecule is COc1cc(C(=O)NCC(=O)O)cc(Cl)c1OC. The van der Waals surface area contributed by atoms with Crippen molar-refractivity contribution in [1.29, 1.82) is 0 Å². The van der Waals surface area contributed by atoms with E-state index in [1.165, 1.54) is 26.4 Å². The molecule has 0 heterocycles. The van der Waals surface area contributed by atoms with Crippen LogP contribution in [0.25, 0.3) is 0 Å². The number of benzene rings is 1. The normalized spacial score (nSPS) is 9.72. The summed E-state index contributed by atoms with van der Waals surface area (Å²) < 4.78 is 10.0. The molecule has 0 aromatic heterocycles. The van der Waals surface area contributed by atoms with E-state index in [2.05, 4.69) is 5.32 Å². The molecule has 1 amide bonds. The lowest BCUT2D eigenvalue weighted by atomic mass is 10.2. The largest absolute Gasteiger partial charge is 0.493 e. The van der Waals surface area contributed by atoms with Gasteiger partial charge >= 0.3 is 5.97 Å². The monoisotopic (exact) mass is 273 g/mol. The number of carbonyl (C=O) groups is 2. The summed E-state index contributed by atoms with van der Waals surface area (Å²) >= 11 is 5.92. The van der Waals surface area contributed by atoms with Crippen LogP contribution < -0.4 is 14.8 Å². The predicted molar refractivity (Wildman–Crippen MR) is 64.5 cm³/mol. The van der Waals surface area contributed by atoms with Gasteiger partial charge in [0.05, 0.1) is 19.2 Å². The number of methoxy groups -OCH3 is 2. The first-order valence-corrected chi connectivity index (χ1v) is 5.29. The number of ether oxygens (including phenoxy) is 2. The van der Waals surface area contributed by atoms with E-state index in [4.69, 9.17) is 26.2 Å². The van der Waals surface area contributed by atoms with Crippen LogP contribution in [0.5, 0.6) is 11.5 Å². The second kappa shape index (κ2) is 6.11. The minimum Gasteiger partial charge on any atom is -0.493 e. The molecule has 0 saturated carbocycles. The minimum atomic E-state index is -1.13. The Balaban J connectivity index is 3.00. The summed E-state index contributed by atoms with van der Waals surface area (Å²) in [6, 6.07) is 2.79. The molecule has 18 heavy (non-hydrogen) atoms. The van der Waals surface area contributed by atoms with Crippen LogP contribution in [0, 0.1) is 0 Å². The molecule has 1 aromatic carbocycles. The van der Waals surface area contributed by atoms with Crippen molar-refractivity contribution in [3.63, 3.8) is 0 Å². The average Bonchev–Trinajstić information content (AvgIpc) is 2.34. The van der Waals surface area contributed by atoms with Crippen molar-refractivity contribution in [2.45, 2.75) is 0 Å². The third kappa shape index (κ3) is 3.27. The minimum absolute atomic E-state index is 0.193. The van der Waals surface area contributed by atoms with Crippen LogP contribution in [0.3, 0.4) is 0 Å². The lowest BCUT2D eigenvalue weighted by Gasteiger charge is -2.11. The van der Waals surface area contributed by atoms with Gasteiger partial charge < -0.3 is 19.9 Å². The fraction of sp³-hybridized carbons (Fsp3) is 0.273. The van der Waals surface area contributed by atoms with Crippen LogP contribution in [0.4, 0.5) is 0 Å². The Morgan fingerprint density at radius 1 is 1.33 bits per heavy atom. The Morgan fingerprint density at radius 3 is 2.50 bits per heavy atom. The molecule has 0 aliphatic rings. The third-order valence-corrected chi connectivity index (χ3v) is 2.38. The highest BCUT2D eigenvalue weighted by Gasteiger charge is 2.15. The number of rotatable bonds is 5. The van der Waals surface area contributed by atoms with Crippen molar-refractivity contribution in [2.75, 3.05) is 20.8 Å². The summed E-state index contributed by atoms with van der Waals surface area (Å²) in [5.41, 5.74) is 0.193. The molecule has 0 atom stereocenters.